The molecule has 0 saturated carbocycles. The van der Waals surface area contributed by atoms with Crippen LogP contribution in [0.25, 0.3) is 0 Å². The number of ether oxygens (including phenoxy) is 1. The maximum Gasteiger partial charge on any atom is 0.329 e. The second-order valence-corrected chi connectivity index (χ2v) is 6.69. The topological polar surface area (TPSA) is 75.9 Å². The van der Waals surface area contributed by atoms with Crippen molar-refractivity contribution in [1.29, 1.82) is 0 Å². The van der Waals surface area contributed by atoms with E-state index in [1.165, 1.54) is 7.11 Å². The number of anilines is 2. The second kappa shape index (κ2) is 8.22. The van der Waals surface area contributed by atoms with Gasteiger partial charge in [-0.15, -0.1) is 0 Å². The van der Waals surface area contributed by atoms with Crippen molar-refractivity contribution in [2.75, 3.05) is 23.5 Å². The van der Waals surface area contributed by atoms with Crippen LogP contribution in [-0.4, -0.2) is 31.7 Å². The number of nitrogens with zero attached hydrogens (tertiary/aromatic N) is 2. The lowest BCUT2D eigenvalue weighted by molar-refractivity contribution is -0.140. The predicted octanol–water partition coefficient (Wildman–Crippen LogP) is 3.22. The van der Waals surface area contributed by atoms with Crippen molar-refractivity contribution >= 4 is 23.4 Å². The van der Waals surface area contributed by atoms with E-state index >= 15 is 0 Å². The summed E-state index contributed by atoms with van der Waals surface area (Å²) in [5, 5.41) is 0. The van der Waals surface area contributed by atoms with Gasteiger partial charge in [-0.25, -0.2) is 4.79 Å². The Morgan fingerprint density at radius 1 is 1.22 bits per heavy atom. The number of urea groups is 1. The van der Waals surface area contributed by atoms with Gasteiger partial charge >= 0.3 is 12.0 Å². The number of benzene rings is 2. The van der Waals surface area contributed by atoms with E-state index in [-0.39, 0.29) is 24.5 Å². The van der Waals surface area contributed by atoms with Crippen LogP contribution in [0.4, 0.5) is 16.2 Å². The molecule has 1 aliphatic rings. The first kappa shape index (κ1) is 18.9. The van der Waals surface area contributed by atoms with Crippen molar-refractivity contribution in [2.24, 2.45) is 5.73 Å². The highest BCUT2D eigenvalue weighted by atomic mass is 16.5. The molecule has 0 radical (unpaired) electrons. The third kappa shape index (κ3) is 3.95. The van der Waals surface area contributed by atoms with E-state index in [0.717, 1.165) is 22.5 Å². The maximum absolute atomic E-state index is 13.2. The lowest BCUT2D eigenvalue weighted by Crippen LogP contribution is -2.35. The molecule has 2 amide bonds. The molecule has 1 aliphatic heterocycles. The van der Waals surface area contributed by atoms with Crippen LogP contribution in [0.2, 0.25) is 0 Å². The summed E-state index contributed by atoms with van der Waals surface area (Å²) in [5.41, 5.74) is 9.46. The van der Waals surface area contributed by atoms with E-state index in [2.05, 4.69) is 0 Å². The van der Waals surface area contributed by atoms with Gasteiger partial charge in [-0.1, -0.05) is 30.3 Å². The fourth-order valence-corrected chi connectivity index (χ4v) is 3.52. The van der Waals surface area contributed by atoms with Gasteiger partial charge in [0.1, 0.15) is 0 Å². The van der Waals surface area contributed by atoms with Crippen molar-refractivity contribution in [1.82, 2.24) is 0 Å². The number of esters is 1. The van der Waals surface area contributed by atoms with E-state index in [1.54, 1.807) is 9.80 Å². The van der Waals surface area contributed by atoms with Crippen molar-refractivity contribution in [3.8, 4) is 0 Å². The lowest BCUT2D eigenvalue weighted by atomic mass is 10.1. The van der Waals surface area contributed by atoms with Gasteiger partial charge in [-0.3, -0.25) is 14.6 Å². The summed E-state index contributed by atoms with van der Waals surface area (Å²) in [7, 11) is 1.38. The summed E-state index contributed by atoms with van der Waals surface area (Å²) in [4.78, 5) is 28.4. The summed E-state index contributed by atoms with van der Waals surface area (Å²) in [6.45, 7) is 2.97. The van der Waals surface area contributed by atoms with Gasteiger partial charge in [0.15, 0.2) is 0 Å². The average Bonchev–Trinajstić information content (AvgIpc) is 3.02. The minimum Gasteiger partial charge on any atom is -0.469 e. The van der Waals surface area contributed by atoms with E-state index in [0.29, 0.717) is 19.5 Å². The van der Waals surface area contributed by atoms with Crippen molar-refractivity contribution < 1.29 is 14.3 Å². The molecule has 1 heterocycles. The molecule has 6 nitrogen and oxygen atoms in total. The summed E-state index contributed by atoms with van der Waals surface area (Å²) in [5.74, 6) is -0.266. The molecular formula is C21H25N3O3. The van der Waals surface area contributed by atoms with Crippen LogP contribution in [0.5, 0.6) is 0 Å². The zero-order valence-electron chi connectivity index (χ0n) is 15.7. The molecule has 0 aromatic heterocycles. The Labute approximate surface area is 159 Å². The third-order valence-corrected chi connectivity index (χ3v) is 4.93. The standard InChI is InChI=1S/C21H25N3O3/c1-15-12-16(13-22)8-10-19(15)23-14-18(9-11-20(25)27-2)24(21(23)26)17-6-4-3-5-7-17/h3-8,10,12,18H,9,11,13-14,22H2,1-2H3. The van der Waals surface area contributed by atoms with Crippen molar-refractivity contribution in [2.45, 2.75) is 32.4 Å². The van der Waals surface area contributed by atoms with Crippen molar-refractivity contribution in [3.63, 3.8) is 0 Å². The van der Waals surface area contributed by atoms with Gasteiger partial charge in [0, 0.05) is 30.9 Å². The zero-order valence-corrected chi connectivity index (χ0v) is 15.7. The van der Waals surface area contributed by atoms with Gasteiger partial charge < -0.3 is 10.5 Å². The molecule has 27 heavy (non-hydrogen) atoms. The first-order valence-electron chi connectivity index (χ1n) is 9.07. The van der Waals surface area contributed by atoms with E-state index in [4.69, 9.17) is 10.5 Å². The van der Waals surface area contributed by atoms with Gasteiger partial charge in [0.25, 0.3) is 0 Å². The minimum atomic E-state index is -0.266. The fraction of sp³-hybridized carbons (Fsp3) is 0.333. The normalized spacial score (nSPS) is 16.7. The molecule has 142 valence electrons. The number of carbonyl (C=O) groups excluding carboxylic acids is 2. The van der Waals surface area contributed by atoms with E-state index < -0.39 is 0 Å². The number of rotatable bonds is 6. The smallest absolute Gasteiger partial charge is 0.329 e. The fourth-order valence-electron chi connectivity index (χ4n) is 3.52. The van der Waals surface area contributed by atoms with E-state index in [1.807, 2.05) is 55.5 Å². The highest BCUT2D eigenvalue weighted by molar-refractivity contribution is 6.07. The number of hydrogen-bond acceptors (Lipinski definition) is 4. The minimum absolute atomic E-state index is 0.0836. The first-order chi connectivity index (χ1) is 13.0. The molecule has 0 bridgehead atoms. The van der Waals surface area contributed by atoms with Crippen molar-refractivity contribution in [3.05, 3.63) is 59.7 Å². The molecule has 2 aromatic carbocycles. The molecule has 0 aliphatic carbocycles. The van der Waals surface area contributed by atoms with Crippen LogP contribution >= 0.6 is 0 Å². The SMILES string of the molecule is COC(=O)CCC1CN(c2ccc(CN)cc2C)C(=O)N1c1ccccc1. The van der Waals surface area contributed by atoms with Gasteiger partial charge in [0.05, 0.1) is 13.2 Å². The molecule has 2 N–H and O–H groups in total. The molecule has 3 rings (SSSR count). The summed E-state index contributed by atoms with van der Waals surface area (Å²) < 4.78 is 4.77. The Morgan fingerprint density at radius 2 is 1.96 bits per heavy atom. The lowest BCUT2D eigenvalue weighted by Gasteiger charge is -2.23. The number of nitrogens with two attached hydrogens (primary N) is 1. The number of carbonyl (C=O) groups is 2. The number of para-hydroxylation sites is 1. The van der Waals surface area contributed by atoms with Crippen LogP contribution in [0, 0.1) is 6.92 Å². The van der Waals surface area contributed by atoms with Gasteiger partial charge in [0.2, 0.25) is 0 Å². The zero-order chi connectivity index (χ0) is 19.4. The molecule has 2 aromatic rings. The van der Waals surface area contributed by atoms with Gasteiger partial charge in [-0.2, -0.15) is 0 Å². The largest absolute Gasteiger partial charge is 0.469 e. The highest BCUT2D eigenvalue weighted by Gasteiger charge is 2.39. The summed E-state index contributed by atoms with van der Waals surface area (Å²) >= 11 is 0. The van der Waals surface area contributed by atoms with Crippen LogP contribution in [0.1, 0.15) is 24.0 Å². The number of amides is 2. The molecule has 6 heteroatoms. The number of aryl methyl sites for hydroxylation is 1. The molecule has 1 saturated heterocycles. The predicted molar refractivity (Wildman–Crippen MR) is 106 cm³/mol. The Bertz CT molecular complexity index is 823. The number of hydrogen-bond donors (Lipinski definition) is 1. The molecular weight excluding hydrogens is 342 g/mol. The maximum atomic E-state index is 13.2. The Hall–Kier alpha value is -2.86. The average molecular weight is 367 g/mol. The third-order valence-electron chi connectivity index (χ3n) is 4.93. The molecule has 1 fully saturated rings. The Morgan fingerprint density at radius 3 is 2.59 bits per heavy atom. The monoisotopic (exact) mass is 367 g/mol. The molecule has 1 unspecified atom stereocenters. The second-order valence-electron chi connectivity index (χ2n) is 6.69. The van der Waals surface area contributed by atoms with Gasteiger partial charge in [-0.05, 0) is 42.7 Å². The quantitative estimate of drug-likeness (QED) is 0.796. The molecule has 1 atom stereocenters. The van der Waals surface area contributed by atoms with E-state index in [9.17, 15) is 9.59 Å². The summed E-state index contributed by atoms with van der Waals surface area (Å²) in [6, 6.07) is 15.3. The van der Waals surface area contributed by atoms with Crippen LogP contribution in [0.3, 0.4) is 0 Å². The van der Waals surface area contributed by atoms with Crippen LogP contribution < -0.4 is 15.5 Å². The number of methoxy groups -OCH3 is 1. The molecule has 0 spiro atoms. The summed E-state index contributed by atoms with van der Waals surface area (Å²) in [6.07, 6.45) is 0.820. The van der Waals surface area contributed by atoms with Crippen LogP contribution in [0.15, 0.2) is 48.5 Å². The highest BCUT2D eigenvalue weighted by Crippen LogP contribution is 2.32. The Balaban J connectivity index is 1.91. The Kier molecular flexibility index (Phi) is 5.76. The first-order valence-corrected chi connectivity index (χ1v) is 9.07. The van der Waals surface area contributed by atoms with Crippen LogP contribution in [-0.2, 0) is 16.1 Å².